The molecular weight excluding hydrogens is 314 g/mol. The molecule has 0 radical (unpaired) electrons. The van der Waals surface area contributed by atoms with Crippen molar-refractivity contribution in [2.75, 3.05) is 18.5 Å². The highest BCUT2D eigenvalue weighted by atomic mass is 79.9. The normalized spacial score (nSPS) is 18.2. The van der Waals surface area contributed by atoms with Gasteiger partial charge in [0, 0.05) is 24.9 Å². The molecule has 2 N–H and O–H groups in total. The number of halogens is 1. The number of benzene rings is 1. The van der Waals surface area contributed by atoms with Crippen LogP contribution in [0.2, 0.25) is 0 Å². The minimum atomic E-state index is 0.604. The summed E-state index contributed by atoms with van der Waals surface area (Å²) in [6.07, 6.45) is 2.02. The van der Waals surface area contributed by atoms with Crippen molar-refractivity contribution in [3.8, 4) is 0 Å². The first-order valence-electron chi connectivity index (χ1n) is 6.96. The fourth-order valence-corrected chi connectivity index (χ4v) is 3.38. The molecule has 0 spiro atoms. The Morgan fingerprint density at radius 1 is 1.25 bits per heavy atom. The SMILES string of the molecule is CN/C(Br)=C1/CCCN(c2c(C)cc(C)cc2C)C1=N. The molecule has 1 heterocycles. The molecule has 0 amide bonds. The quantitative estimate of drug-likeness (QED) is 0.801. The van der Waals surface area contributed by atoms with Crippen LogP contribution in [-0.4, -0.2) is 19.4 Å². The number of hydrogen-bond donors (Lipinski definition) is 2. The zero-order valence-corrected chi connectivity index (χ0v) is 14.2. The summed E-state index contributed by atoms with van der Waals surface area (Å²) >= 11 is 3.53. The number of nitrogens with zero attached hydrogens (tertiary/aromatic N) is 1. The van der Waals surface area contributed by atoms with E-state index in [-0.39, 0.29) is 0 Å². The Bertz CT molecular complexity index is 552. The molecule has 2 rings (SSSR count). The molecule has 1 saturated heterocycles. The highest BCUT2D eigenvalue weighted by Crippen LogP contribution is 2.32. The third kappa shape index (κ3) is 2.75. The van der Waals surface area contributed by atoms with Gasteiger partial charge in [-0.2, -0.15) is 0 Å². The minimum Gasteiger partial charge on any atom is -0.382 e. The van der Waals surface area contributed by atoms with Gasteiger partial charge in [0.15, 0.2) is 0 Å². The summed E-state index contributed by atoms with van der Waals surface area (Å²) in [5.41, 5.74) is 6.01. The van der Waals surface area contributed by atoms with Crippen LogP contribution in [-0.2, 0) is 0 Å². The molecule has 1 aromatic rings. The summed E-state index contributed by atoms with van der Waals surface area (Å²) < 4.78 is 0.926. The van der Waals surface area contributed by atoms with Crippen molar-refractivity contribution in [1.29, 1.82) is 5.41 Å². The Morgan fingerprint density at radius 3 is 2.40 bits per heavy atom. The van der Waals surface area contributed by atoms with Crippen LogP contribution in [0.5, 0.6) is 0 Å². The molecule has 0 saturated carbocycles. The first-order valence-corrected chi connectivity index (χ1v) is 7.75. The maximum Gasteiger partial charge on any atom is 0.131 e. The molecule has 0 aliphatic carbocycles. The van der Waals surface area contributed by atoms with Crippen molar-refractivity contribution >= 4 is 27.5 Å². The van der Waals surface area contributed by atoms with E-state index in [1.54, 1.807) is 0 Å². The Labute approximate surface area is 129 Å². The number of nitrogens with one attached hydrogen (secondary N) is 2. The molecule has 20 heavy (non-hydrogen) atoms. The largest absolute Gasteiger partial charge is 0.382 e. The Morgan fingerprint density at radius 2 is 1.85 bits per heavy atom. The van der Waals surface area contributed by atoms with Crippen LogP contribution in [0, 0.1) is 26.2 Å². The van der Waals surface area contributed by atoms with E-state index in [9.17, 15) is 0 Å². The average molecular weight is 336 g/mol. The number of piperidine rings is 1. The lowest BCUT2D eigenvalue weighted by Gasteiger charge is -2.34. The highest BCUT2D eigenvalue weighted by Gasteiger charge is 2.25. The van der Waals surface area contributed by atoms with E-state index in [0.29, 0.717) is 5.84 Å². The summed E-state index contributed by atoms with van der Waals surface area (Å²) in [4.78, 5) is 2.14. The number of aryl methyl sites for hydroxylation is 3. The fourth-order valence-electron chi connectivity index (χ4n) is 2.99. The maximum absolute atomic E-state index is 8.52. The van der Waals surface area contributed by atoms with E-state index < -0.39 is 0 Å². The van der Waals surface area contributed by atoms with Crippen LogP contribution in [0.1, 0.15) is 29.5 Å². The zero-order valence-electron chi connectivity index (χ0n) is 12.6. The van der Waals surface area contributed by atoms with Gasteiger partial charge >= 0.3 is 0 Å². The van der Waals surface area contributed by atoms with Gasteiger partial charge in [-0.3, -0.25) is 5.41 Å². The van der Waals surface area contributed by atoms with E-state index >= 15 is 0 Å². The highest BCUT2D eigenvalue weighted by molar-refractivity contribution is 9.11. The molecule has 0 aromatic heterocycles. The molecule has 3 nitrogen and oxygen atoms in total. The first kappa shape index (κ1) is 15.1. The Hall–Kier alpha value is -1.29. The third-order valence-electron chi connectivity index (χ3n) is 3.75. The topological polar surface area (TPSA) is 39.1 Å². The number of anilines is 1. The van der Waals surface area contributed by atoms with Crippen LogP contribution < -0.4 is 10.2 Å². The lowest BCUT2D eigenvalue weighted by Crippen LogP contribution is -2.38. The Kier molecular flexibility index (Phi) is 4.53. The summed E-state index contributed by atoms with van der Waals surface area (Å²) in [6.45, 7) is 7.30. The van der Waals surface area contributed by atoms with Crippen LogP contribution in [0.25, 0.3) is 0 Å². The second-order valence-corrected chi connectivity index (χ2v) is 6.19. The van der Waals surface area contributed by atoms with Gasteiger partial charge in [0.1, 0.15) is 5.84 Å². The maximum atomic E-state index is 8.52. The molecule has 1 fully saturated rings. The van der Waals surface area contributed by atoms with Crippen LogP contribution >= 0.6 is 15.9 Å². The minimum absolute atomic E-state index is 0.604. The Balaban J connectivity index is 2.46. The molecule has 108 valence electrons. The van der Waals surface area contributed by atoms with E-state index in [1.807, 2.05) is 7.05 Å². The first-order chi connectivity index (χ1) is 9.45. The van der Waals surface area contributed by atoms with Gasteiger partial charge in [-0.1, -0.05) is 17.7 Å². The fraction of sp³-hybridized carbons (Fsp3) is 0.438. The number of hydrogen-bond acceptors (Lipinski definition) is 2. The molecule has 0 unspecified atom stereocenters. The van der Waals surface area contributed by atoms with Gasteiger partial charge in [-0.05, 0) is 60.7 Å². The summed E-state index contributed by atoms with van der Waals surface area (Å²) in [5, 5.41) is 11.6. The monoisotopic (exact) mass is 335 g/mol. The molecule has 4 heteroatoms. The van der Waals surface area contributed by atoms with E-state index in [0.717, 1.165) is 29.6 Å². The smallest absolute Gasteiger partial charge is 0.131 e. The summed E-state index contributed by atoms with van der Waals surface area (Å²) in [7, 11) is 1.88. The zero-order chi connectivity index (χ0) is 14.9. The second-order valence-electron chi connectivity index (χ2n) is 5.39. The lowest BCUT2D eigenvalue weighted by atomic mass is 9.99. The number of amidine groups is 1. The van der Waals surface area contributed by atoms with Gasteiger partial charge in [0.2, 0.25) is 0 Å². The molecule has 1 aromatic carbocycles. The summed E-state index contributed by atoms with van der Waals surface area (Å²) in [6, 6.07) is 4.39. The van der Waals surface area contributed by atoms with Gasteiger partial charge in [0.05, 0.1) is 4.61 Å². The van der Waals surface area contributed by atoms with Crippen molar-refractivity contribution in [3.63, 3.8) is 0 Å². The van der Waals surface area contributed by atoms with Gasteiger partial charge < -0.3 is 10.2 Å². The van der Waals surface area contributed by atoms with Gasteiger partial charge in [0.25, 0.3) is 0 Å². The standard InChI is InChI=1S/C16H22BrN3/c1-10-8-11(2)14(12(3)9-10)20-7-5-6-13(16(20)18)15(17)19-4/h8-9,18-19H,5-7H2,1-4H3/b15-13-,18-16?. The predicted octanol–water partition coefficient (Wildman–Crippen LogP) is 4.02. The van der Waals surface area contributed by atoms with Crippen molar-refractivity contribution in [1.82, 2.24) is 5.32 Å². The van der Waals surface area contributed by atoms with Crippen LogP contribution in [0.15, 0.2) is 22.3 Å². The summed E-state index contributed by atoms with van der Waals surface area (Å²) in [5.74, 6) is 0.604. The van der Waals surface area contributed by atoms with Crippen molar-refractivity contribution < 1.29 is 0 Å². The van der Waals surface area contributed by atoms with Gasteiger partial charge in [-0.15, -0.1) is 0 Å². The molecule has 1 aliphatic rings. The van der Waals surface area contributed by atoms with Crippen LogP contribution in [0.3, 0.4) is 0 Å². The van der Waals surface area contributed by atoms with E-state index in [1.165, 1.54) is 22.4 Å². The molecule has 0 atom stereocenters. The van der Waals surface area contributed by atoms with Crippen molar-refractivity contribution in [2.45, 2.75) is 33.6 Å². The molecule has 1 aliphatic heterocycles. The van der Waals surface area contributed by atoms with E-state index in [2.05, 4.69) is 59.1 Å². The van der Waals surface area contributed by atoms with Gasteiger partial charge in [-0.25, -0.2) is 0 Å². The number of rotatable bonds is 2. The second kappa shape index (κ2) is 6.00. The lowest BCUT2D eigenvalue weighted by molar-refractivity contribution is 0.773. The molecular formula is C16H22BrN3. The predicted molar refractivity (Wildman–Crippen MR) is 90.0 cm³/mol. The molecule has 0 bridgehead atoms. The third-order valence-corrected chi connectivity index (χ3v) is 4.63. The van der Waals surface area contributed by atoms with Crippen LogP contribution in [0.4, 0.5) is 5.69 Å². The van der Waals surface area contributed by atoms with Crippen molar-refractivity contribution in [3.05, 3.63) is 39.0 Å². The van der Waals surface area contributed by atoms with Crippen molar-refractivity contribution in [2.24, 2.45) is 0 Å². The average Bonchev–Trinajstić information content (AvgIpc) is 2.38. The van der Waals surface area contributed by atoms with E-state index in [4.69, 9.17) is 5.41 Å².